The maximum atomic E-state index is 14.0. The summed E-state index contributed by atoms with van der Waals surface area (Å²) in [5.41, 5.74) is 3.66. The smallest absolute Gasteiger partial charge is 0.292 e. The van der Waals surface area contributed by atoms with Crippen molar-refractivity contribution >= 4 is 23.0 Å². The van der Waals surface area contributed by atoms with Crippen LogP contribution in [0.1, 0.15) is 41.3 Å². The van der Waals surface area contributed by atoms with Crippen molar-refractivity contribution in [3.63, 3.8) is 0 Å². The lowest BCUT2D eigenvalue weighted by Gasteiger charge is -2.36. The number of nitrogens with one attached hydrogen (secondary N) is 1. The molecule has 0 saturated carbocycles. The highest BCUT2D eigenvalue weighted by molar-refractivity contribution is 5.94. The van der Waals surface area contributed by atoms with Gasteiger partial charge in [0, 0.05) is 44.5 Å². The molecule has 1 N–H and O–H groups in total. The van der Waals surface area contributed by atoms with Crippen molar-refractivity contribution in [1.29, 1.82) is 0 Å². The van der Waals surface area contributed by atoms with E-state index in [1.54, 1.807) is 29.2 Å². The maximum Gasteiger partial charge on any atom is 0.292 e. The average Bonchev–Trinajstić information content (AvgIpc) is 2.87. The van der Waals surface area contributed by atoms with E-state index in [9.17, 15) is 19.3 Å². The summed E-state index contributed by atoms with van der Waals surface area (Å²) < 4.78 is 14.0. The summed E-state index contributed by atoms with van der Waals surface area (Å²) in [6, 6.07) is 19.2. The van der Waals surface area contributed by atoms with Gasteiger partial charge >= 0.3 is 0 Å². The maximum absolute atomic E-state index is 14.0. The van der Waals surface area contributed by atoms with Gasteiger partial charge in [-0.05, 0) is 41.3 Å². The van der Waals surface area contributed by atoms with Crippen LogP contribution < -0.4 is 10.2 Å². The van der Waals surface area contributed by atoms with Gasteiger partial charge in [0.2, 0.25) is 0 Å². The van der Waals surface area contributed by atoms with E-state index in [2.05, 4.69) is 36.2 Å². The van der Waals surface area contributed by atoms with Crippen LogP contribution in [0.4, 0.5) is 21.5 Å². The highest BCUT2D eigenvalue weighted by Gasteiger charge is 2.25. The van der Waals surface area contributed by atoms with Crippen molar-refractivity contribution in [1.82, 2.24) is 4.90 Å². The summed E-state index contributed by atoms with van der Waals surface area (Å²) in [5, 5.41) is 14.8. The summed E-state index contributed by atoms with van der Waals surface area (Å²) >= 11 is 0. The zero-order valence-corrected chi connectivity index (χ0v) is 19.9. The van der Waals surface area contributed by atoms with Crippen LogP contribution in [0.15, 0.2) is 66.7 Å². The molecule has 1 heterocycles. The van der Waals surface area contributed by atoms with Gasteiger partial charge in [0.15, 0.2) is 0 Å². The Morgan fingerprint density at radius 3 is 2.34 bits per heavy atom. The average molecular weight is 477 g/mol. The molecule has 8 heteroatoms. The second-order valence-electron chi connectivity index (χ2n) is 8.97. The van der Waals surface area contributed by atoms with Gasteiger partial charge in [-0.2, -0.15) is 0 Å². The number of benzene rings is 3. The predicted molar refractivity (Wildman–Crippen MR) is 135 cm³/mol. The second-order valence-corrected chi connectivity index (χ2v) is 8.97. The second kappa shape index (κ2) is 10.5. The van der Waals surface area contributed by atoms with Crippen molar-refractivity contribution in [2.24, 2.45) is 0 Å². The Morgan fingerprint density at radius 2 is 1.71 bits per heavy atom. The highest BCUT2D eigenvalue weighted by Crippen LogP contribution is 2.31. The number of halogens is 1. The lowest BCUT2D eigenvalue weighted by molar-refractivity contribution is -0.384. The lowest BCUT2D eigenvalue weighted by Crippen LogP contribution is -2.49. The number of amides is 1. The van der Waals surface area contributed by atoms with Crippen LogP contribution in [0.25, 0.3) is 0 Å². The fourth-order valence-corrected chi connectivity index (χ4v) is 4.21. The summed E-state index contributed by atoms with van der Waals surface area (Å²) in [5.74, 6) is -0.403. The Hall–Kier alpha value is -3.94. The molecule has 35 heavy (non-hydrogen) atoms. The van der Waals surface area contributed by atoms with Crippen molar-refractivity contribution in [2.75, 3.05) is 36.4 Å². The van der Waals surface area contributed by atoms with Gasteiger partial charge in [-0.1, -0.05) is 50.2 Å². The molecule has 3 aromatic rings. The van der Waals surface area contributed by atoms with E-state index >= 15 is 0 Å². The zero-order chi connectivity index (χ0) is 24.9. The molecule has 182 valence electrons. The van der Waals surface area contributed by atoms with Gasteiger partial charge in [0.25, 0.3) is 11.6 Å². The number of piperazine rings is 1. The van der Waals surface area contributed by atoms with E-state index in [0.717, 1.165) is 11.3 Å². The Morgan fingerprint density at radius 1 is 1.03 bits per heavy atom. The topological polar surface area (TPSA) is 78.7 Å². The van der Waals surface area contributed by atoms with Gasteiger partial charge in [0.1, 0.15) is 11.5 Å². The molecular weight excluding hydrogens is 447 g/mol. The Bertz CT molecular complexity index is 1210. The van der Waals surface area contributed by atoms with Gasteiger partial charge < -0.3 is 15.1 Å². The van der Waals surface area contributed by atoms with Crippen LogP contribution in [0.5, 0.6) is 0 Å². The first-order chi connectivity index (χ1) is 16.8. The molecule has 0 spiro atoms. The molecule has 3 aromatic carbocycles. The molecule has 1 amide bonds. The first kappa shape index (κ1) is 24.2. The minimum absolute atomic E-state index is 0.0147. The molecule has 1 aliphatic rings. The zero-order valence-electron chi connectivity index (χ0n) is 19.9. The first-order valence-electron chi connectivity index (χ1n) is 11.7. The summed E-state index contributed by atoms with van der Waals surface area (Å²) in [6.45, 7) is 6.72. The van der Waals surface area contributed by atoms with Crippen LogP contribution in [0.3, 0.4) is 0 Å². The van der Waals surface area contributed by atoms with Crippen molar-refractivity contribution in [3.05, 3.63) is 99.4 Å². The molecule has 0 bridgehead atoms. The normalized spacial score (nSPS) is 13.7. The van der Waals surface area contributed by atoms with Crippen LogP contribution in [0, 0.1) is 15.9 Å². The molecule has 0 unspecified atom stereocenters. The van der Waals surface area contributed by atoms with E-state index in [0.29, 0.717) is 44.3 Å². The Labute approximate surface area is 204 Å². The van der Waals surface area contributed by atoms with Gasteiger partial charge in [-0.25, -0.2) is 4.39 Å². The minimum atomic E-state index is -0.523. The summed E-state index contributed by atoms with van der Waals surface area (Å²) in [7, 11) is 0. The van der Waals surface area contributed by atoms with E-state index < -0.39 is 5.82 Å². The van der Waals surface area contributed by atoms with Gasteiger partial charge in [-0.3, -0.25) is 14.9 Å². The summed E-state index contributed by atoms with van der Waals surface area (Å²) in [6.07, 6.45) is 0. The largest absolute Gasteiger partial charge is 0.375 e. The third-order valence-corrected chi connectivity index (χ3v) is 6.34. The molecule has 7 nitrogen and oxygen atoms in total. The molecule has 4 rings (SSSR count). The number of nitrogens with zero attached hydrogens (tertiary/aromatic N) is 3. The van der Waals surface area contributed by atoms with Crippen molar-refractivity contribution < 1.29 is 14.1 Å². The first-order valence-corrected chi connectivity index (χ1v) is 11.7. The standard InChI is InChI=1S/C27H29FN4O3/c1-19(2)21-9-7-20(8-10-21)18-29-25-17-22(11-12-26(25)32(34)35)30-13-15-31(16-14-30)27(33)23-5-3-4-6-24(23)28/h3-12,17,19,29H,13-16,18H2,1-2H3. The molecule has 1 aliphatic heterocycles. The van der Waals surface area contributed by atoms with Crippen LogP contribution >= 0.6 is 0 Å². The van der Waals surface area contributed by atoms with Crippen LogP contribution in [0.2, 0.25) is 0 Å². The lowest BCUT2D eigenvalue weighted by atomic mass is 10.0. The number of anilines is 2. The Balaban J connectivity index is 1.44. The molecular formula is C27H29FN4O3. The third kappa shape index (κ3) is 5.59. The van der Waals surface area contributed by atoms with Crippen molar-refractivity contribution in [3.8, 4) is 0 Å². The van der Waals surface area contributed by atoms with E-state index in [1.165, 1.54) is 23.8 Å². The fourth-order valence-electron chi connectivity index (χ4n) is 4.21. The van der Waals surface area contributed by atoms with Crippen molar-refractivity contribution in [2.45, 2.75) is 26.3 Å². The number of hydrogen-bond acceptors (Lipinski definition) is 5. The van der Waals surface area contributed by atoms with Crippen LogP contribution in [-0.2, 0) is 6.54 Å². The number of nitro benzene ring substituents is 1. The predicted octanol–water partition coefficient (Wildman–Crippen LogP) is 5.43. The number of hydrogen-bond donors (Lipinski definition) is 1. The minimum Gasteiger partial charge on any atom is -0.375 e. The molecule has 1 fully saturated rings. The Kier molecular flexibility index (Phi) is 7.29. The number of carbonyl (C=O) groups excluding carboxylic acids is 1. The fraction of sp³-hybridized carbons (Fsp3) is 0.296. The highest BCUT2D eigenvalue weighted by atomic mass is 19.1. The monoisotopic (exact) mass is 476 g/mol. The number of nitro groups is 1. The molecule has 0 aliphatic carbocycles. The molecule has 0 atom stereocenters. The number of carbonyl (C=O) groups is 1. The van der Waals surface area contributed by atoms with E-state index in [1.807, 2.05) is 12.1 Å². The molecule has 0 aromatic heterocycles. The quantitative estimate of drug-likeness (QED) is 0.363. The summed E-state index contributed by atoms with van der Waals surface area (Å²) in [4.78, 5) is 27.6. The number of rotatable bonds is 7. The van der Waals surface area contributed by atoms with Gasteiger partial charge in [0.05, 0.1) is 10.5 Å². The van der Waals surface area contributed by atoms with E-state index in [4.69, 9.17) is 0 Å². The third-order valence-electron chi connectivity index (χ3n) is 6.34. The molecule has 0 radical (unpaired) electrons. The molecule has 1 saturated heterocycles. The SMILES string of the molecule is CC(C)c1ccc(CNc2cc(N3CCN(C(=O)c4ccccc4F)CC3)ccc2[N+](=O)[O-])cc1. The van der Waals surface area contributed by atoms with Gasteiger partial charge in [-0.15, -0.1) is 0 Å². The van der Waals surface area contributed by atoms with Crippen LogP contribution in [-0.4, -0.2) is 41.9 Å². The van der Waals surface area contributed by atoms with E-state index in [-0.39, 0.29) is 22.1 Å².